The van der Waals surface area contributed by atoms with Crippen LogP contribution in [0.25, 0.3) is 11.0 Å². The van der Waals surface area contributed by atoms with Crippen LogP contribution < -0.4 is 5.32 Å². The van der Waals surface area contributed by atoms with Crippen LogP contribution in [-0.4, -0.2) is 27.7 Å². The van der Waals surface area contributed by atoms with Gasteiger partial charge in [0, 0.05) is 41.0 Å². The first-order valence-electron chi connectivity index (χ1n) is 7.73. The third-order valence-corrected chi connectivity index (χ3v) is 4.52. The molecule has 2 N–H and O–H groups in total. The predicted octanol–water partition coefficient (Wildman–Crippen LogP) is 4.39. The van der Waals surface area contributed by atoms with Gasteiger partial charge in [-0.1, -0.05) is 23.2 Å². The molecule has 3 aromatic rings. The average Bonchev–Trinajstić information content (AvgIpc) is 2.94. The highest BCUT2D eigenvalue weighted by Gasteiger charge is 2.24. The molecule has 6 nitrogen and oxygen atoms in total. The third-order valence-electron chi connectivity index (χ3n) is 4.06. The van der Waals surface area contributed by atoms with Crippen LogP contribution in [0.4, 0.5) is 10.5 Å². The number of amides is 1. The number of rotatable bonds is 2. The van der Waals surface area contributed by atoms with E-state index in [1.54, 1.807) is 35.5 Å². The third kappa shape index (κ3) is 3.42. The van der Waals surface area contributed by atoms with Crippen LogP contribution in [0.3, 0.4) is 0 Å². The number of aromatic nitrogens is 2. The highest BCUT2D eigenvalue weighted by atomic mass is 35.5. The fourth-order valence-corrected chi connectivity index (χ4v) is 3.19. The number of benzene rings is 1. The summed E-state index contributed by atoms with van der Waals surface area (Å²) >= 11 is 11.9. The molecule has 0 fully saturated rings. The molecule has 8 heteroatoms. The standard InChI is InChI=1S/C17H14Cl2N4O2/c18-10-1-3-12(4-2-10)21-17(24)25-23-6-5-15-14(9-23)13-7-11(19)8-20-16(13)22-15/h1-4,7-8H,5-6,9H2,(H,20,22)(H,21,24). The summed E-state index contributed by atoms with van der Waals surface area (Å²) in [7, 11) is 0. The van der Waals surface area contributed by atoms with Gasteiger partial charge in [-0.25, -0.2) is 9.78 Å². The van der Waals surface area contributed by atoms with Crippen LogP contribution in [0.1, 0.15) is 11.3 Å². The molecule has 4 rings (SSSR count). The van der Waals surface area contributed by atoms with Crippen LogP contribution >= 0.6 is 23.2 Å². The molecule has 0 spiro atoms. The van der Waals surface area contributed by atoms with Gasteiger partial charge < -0.3 is 9.82 Å². The van der Waals surface area contributed by atoms with Gasteiger partial charge in [-0.2, -0.15) is 0 Å². The van der Waals surface area contributed by atoms with Gasteiger partial charge >= 0.3 is 6.09 Å². The molecule has 25 heavy (non-hydrogen) atoms. The summed E-state index contributed by atoms with van der Waals surface area (Å²) in [5, 5.41) is 6.44. The zero-order chi connectivity index (χ0) is 17.4. The van der Waals surface area contributed by atoms with Gasteiger partial charge in [-0.05, 0) is 35.9 Å². The van der Waals surface area contributed by atoms with E-state index in [2.05, 4.69) is 15.3 Å². The van der Waals surface area contributed by atoms with Crippen LogP contribution in [0.5, 0.6) is 0 Å². The smallest absolute Gasteiger partial charge is 0.350 e. The lowest BCUT2D eigenvalue weighted by molar-refractivity contribution is -0.105. The lowest BCUT2D eigenvalue weighted by atomic mass is 10.1. The number of anilines is 1. The number of aromatic amines is 1. The molecule has 1 amide bonds. The molecule has 0 bridgehead atoms. The van der Waals surface area contributed by atoms with E-state index in [9.17, 15) is 4.79 Å². The predicted molar refractivity (Wildman–Crippen MR) is 96.8 cm³/mol. The van der Waals surface area contributed by atoms with Crippen molar-refractivity contribution in [2.75, 3.05) is 11.9 Å². The van der Waals surface area contributed by atoms with Crippen molar-refractivity contribution in [3.63, 3.8) is 0 Å². The Labute approximate surface area is 153 Å². The number of hydroxylamine groups is 2. The number of halogens is 2. The van der Waals surface area contributed by atoms with Gasteiger partial charge in [0.2, 0.25) is 0 Å². The van der Waals surface area contributed by atoms with Gasteiger partial charge in [0.05, 0.1) is 11.6 Å². The molecule has 0 saturated heterocycles. The first-order valence-corrected chi connectivity index (χ1v) is 8.48. The maximum Gasteiger partial charge on any atom is 0.430 e. The number of pyridine rings is 1. The fraction of sp³-hybridized carbons (Fsp3) is 0.176. The van der Waals surface area contributed by atoms with E-state index < -0.39 is 6.09 Å². The van der Waals surface area contributed by atoms with Crippen LogP contribution in [0.15, 0.2) is 36.5 Å². The van der Waals surface area contributed by atoms with Crippen molar-refractivity contribution in [2.45, 2.75) is 13.0 Å². The minimum atomic E-state index is -0.540. The molecule has 2 aromatic heterocycles. The number of carbonyl (C=O) groups is 1. The number of hydrogen-bond acceptors (Lipinski definition) is 4. The quantitative estimate of drug-likeness (QED) is 0.695. The zero-order valence-corrected chi connectivity index (χ0v) is 14.6. The Morgan fingerprint density at radius 1 is 1.24 bits per heavy atom. The van der Waals surface area contributed by atoms with Gasteiger partial charge in [0.25, 0.3) is 0 Å². The van der Waals surface area contributed by atoms with Gasteiger partial charge in [0.1, 0.15) is 5.65 Å². The summed E-state index contributed by atoms with van der Waals surface area (Å²) in [6, 6.07) is 8.70. The Bertz CT molecular complexity index is 940. The topological polar surface area (TPSA) is 70.2 Å². The van der Waals surface area contributed by atoms with Crippen LogP contribution in [0, 0.1) is 0 Å². The van der Waals surface area contributed by atoms with Crippen molar-refractivity contribution in [1.82, 2.24) is 15.0 Å². The number of H-pyrrole nitrogens is 1. The monoisotopic (exact) mass is 376 g/mol. The molecule has 0 atom stereocenters. The molecule has 128 valence electrons. The molecule has 0 saturated carbocycles. The summed E-state index contributed by atoms with van der Waals surface area (Å²) in [5.41, 5.74) is 3.57. The Hall–Kier alpha value is -2.28. The molecule has 1 aliphatic heterocycles. The first kappa shape index (κ1) is 16.2. The van der Waals surface area contributed by atoms with E-state index in [1.807, 2.05) is 6.07 Å². The summed E-state index contributed by atoms with van der Waals surface area (Å²) < 4.78 is 0. The molecule has 1 aromatic carbocycles. The maximum atomic E-state index is 12.1. The van der Waals surface area contributed by atoms with Crippen molar-refractivity contribution < 1.29 is 9.63 Å². The van der Waals surface area contributed by atoms with E-state index in [1.165, 1.54) is 0 Å². The van der Waals surface area contributed by atoms with Crippen molar-refractivity contribution >= 4 is 46.0 Å². The van der Waals surface area contributed by atoms with E-state index in [-0.39, 0.29) is 0 Å². The van der Waals surface area contributed by atoms with Gasteiger partial charge in [-0.3, -0.25) is 5.32 Å². The fourth-order valence-electron chi connectivity index (χ4n) is 2.90. The molecule has 3 heterocycles. The number of nitrogens with zero attached hydrogens (tertiary/aromatic N) is 2. The summed E-state index contributed by atoms with van der Waals surface area (Å²) in [4.78, 5) is 25.1. The molecule has 0 aliphatic carbocycles. The second kappa shape index (κ2) is 6.55. The minimum absolute atomic E-state index is 0.478. The average molecular weight is 377 g/mol. The minimum Gasteiger partial charge on any atom is -0.350 e. The highest BCUT2D eigenvalue weighted by Crippen LogP contribution is 2.28. The second-order valence-corrected chi connectivity index (χ2v) is 6.63. The van der Waals surface area contributed by atoms with Crippen molar-refractivity contribution in [3.05, 3.63) is 57.8 Å². The van der Waals surface area contributed by atoms with Crippen LogP contribution in [-0.2, 0) is 17.8 Å². The van der Waals surface area contributed by atoms with Gasteiger partial charge in [0.15, 0.2) is 0 Å². The zero-order valence-electron chi connectivity index (χ0n) is 13.1. The first-order chi connectivity index (χ1) is 12.1. The largest absolute Gasteiger partial charge is 0.430 e. The molecular weight excluding hydrogens is 363 g/mol. The maximum absolute atomic E-state index is 12.1. The highest BCUT2D eigenvalue weighted by molar-refractivity contribution is 6.31. The Kier molecular flexibility index (Phi) is 4.25. The molecular formula is C17H14Cl2N4O2. The van der Waals surface area contributed by atoms with Crippen molar-refractivity contribution in [3.8, 4) is 0 Å². The molecule has 0 unspecified atom stereocenters. The summed E-state index contributed by atoms with van der Waals surface area (Å²) in [6.07, 6.45) is 1.80. The number of fused-ring (bicyclic) bond motifs is 3. The lowest BCUT2D eigenvalue weighted by Crippen LogP contribution is -2.34. The van der Waals surface area contributed by atoms with E-state index in [0.717, 1.165) is 28.7 Å². The van der Waals surface area contributed by atoms with Crippen molar-refractivity contribution in [1.29, 1.82) is 0 Å². The molecule has 0 radical (unpaired) electrons. The SMILES string of the molecule is O=C(Nc1ccc(Cl)cc1)ON1CCc2[nH]c3ncc(Cl)cc3c2C1. The number of nitrogens with one attached hydrogen (secondary N) is 2. The Morgan fingerprint density at radius 2 is 2.04 bits per heavy atom. The van der Waals surface area contributed by atoms with E-state index in [0.29, 0.717) is 28.8 Å². The molecule has 1 aliphatic rings. The van der Waals surface area contributed by atoms with Crippen LogP contribution in [0.2, 0.25) is 10.0 Å². The van der Waals surface area contributed by atoms with Crippen molar-refractivity contribution in [2.24, 2.45) is 0 Å². The Morgan fingerprint density at radius 3 is 2.84 bits per heavy atom. The Balaban J connectivity index is 1.46. The second-order valence-electron chi connectivity index (χ2n) is 5.76. The van der Waals surface area contributed by atoms with E-state index in [4.69, 9.17) is 28.0 Å². The van der Waals surface area contributed by atoms with Gasteiger partial charge in [-0.15, -0.1) is 5.06 Å². The summed E-state index contributed by atoms with van der Waals surface area (Å²) in [5.74, 6) is 0. The number of hydrogen-bond donors (Lipinski definition) is 2. The number of carbonyl (C=O) groups excluding carboxylic acids is 1. The van der Waals surface area contributed by atoms with E-state index >= 15 is 0 Å². The summed E-state index contributed by atoms with van der Waals surface area (Å²) in [6.45, 7) is 1.08. The lowest BCUT2D eigenvalue weighted by Gasteiger charge is -2.25. The normalized spacial score (nSPS) is 14.3.